The second kappa shape index (κ2) is 5.67. The first-order valence-electron chi connectivity index (χ1n) is 5.33. The van der Waals surface area contributed by atoms with Crippen molar-refractivity contribution < 1.29 is 0 Å². The van der Waals surface area contributed by atoms with Crippen molar-refractivity contribution in [2.75, 3.05) is 0 Å². The second-order valence-electron chi connectivity index (χ2n) is 3.88. The first-order valence-corrected chi connectivity index (χ1v) is 6.50. The van der Waals surface area contributed by atoms with Crippen LogP contribution in [0.5, 0.6) is 0 Å². The zero-order valence-electron chi connectivity index (χ0n) is 9.37. The van der Waals surface area contributed by atoms with Crippen LogP contribution in [0.1, 0.15) is 24.1 Å². The van der Waals surface area contributed by atoms with E-state index in [9.17, 15) is 0 Å². The predicted octanol–water partition coefficient (Wildman–Crippen LogP) is 3.68. The van der Waals surface area contributed by atoms with Crippen molar-refractivity contribution in [1.29, 1.82) is 0 Å². The molecule has 3 nitrogen and oxygen atoms in total. The van der Waals surface area contributed by atoms with Crippen LogP contribution in [-0.2, 0) is 6.54 Å². The molecule has 1 aromatic heterocycles. The Morgan fingerprint density at radius 1 is 1.53 bits per heavy atom. The molecule has 90 valence electrons. The van der Waals surface area contributed by atoms with Crippen LogP contribution in [0, 0.1) is 0 Å². The van der Waals surface area contributed by atoms with Crippen molar-refractivity contribution in [1.82, 2.24) is 15.5 Å². The monoisotopic (exact) mass is 313 g/mol. The van der Waals surface area contributed by atoms with Crippen LogP contribution in [0.4, 0.5) is 0 Å². The summed E-state index contributed by atoms with van der Waals surface area (Å²) in [7, 11) is 0. The Labute approximate surface area is 114 Å². The van der Waals surface area contributed by atoms with Gasteiger partial charge in [-0.3, -0.25) is 5.10 Å². The highest BCUT2D eigenvalue weighted by Crippen LogP contribution is 2.23. The van der Waals surface area contributed by atoms with Crippen LogP contribution in [0.2, 0.25) is 5.02 Å². The zero-order chi connectivity index (χ0) is 12.3. The summed E-state index contributed by atoms with van der Waals surface area (Å²) in [6.07, 6.45) is 3.72. The molecule has 5 heteroatoms. The number of nitrogens with zero attached hydrogens (tertiary/aromatic N) is 1. The van der Waals surface area contributed by atoms with E-state index in [1.165, 1.54) is 0 Å². The lowest BCUT2D eigenvalue weighted by Crippen LogP contribution is -2.17. The molecule has 2 N–H and O–H groups in total. The topological polar surface area (TPSA) is 40.7 Å². The molecular formula is C12H13BrClN3. The van der Waals surface area contributed by atoms with Gasteiger partial charge in [0.15, 0.2) is 0 Å². The van der Waals surface area contributed by atoms with Gasteiger partial charge in [0.2, 0.25) is 0 Å². The lowest BCUT2D eigenvalue weighted by atomic mass is 10.1. The molecule has 1 aromatic carbocycles. The maximum absolute atomic E-state index is 6.04. The van der Waals surface area contributed by atoms with Gasteiger partial charge in [-0.25, -0.2) is 0 Å². The predicted molar refractivity (Wildman–Crippen MR) is 73.0 cm³/mol. The summed E-state index contributed by atoms with van der Waals surface area (Å²) in [6.45, 7) is 2.88. The van der Waals surface area contributed by atoms with Crippen LogP contribution in [0.25, 0.3) is 0 Å². The third-order valence-corrected chi connectivity index (χ3v) is 3.85. The Hall–Kier alpha value is -0.840. The van der Waals surface area contributed by atoms with Crippen LogP contribution >= 0.6 is 27.5 Å². The van der Waals surface area contributed by atoms with Gasteiger partial charge < -0.3 is 5.32 Å². The minimum Gasteiger partial charge on any atom is -0.306 e. The average Bonchev–Trinajstić information content (AvgIpc) is 2.84. The molecular weight excluding hydrogens is 302 g/mol. The number of halogens is 2. The van der Waals surface area contributed by atoms with E-state index in [1.54, 1.807) is 0 Å². The molecule has 1 unspecified atom stereocenters. The van der Waals surface area contributed by atoms with E-state index in [1.807, 2.05) is 30.6 Å². The maximum atomic E-state index is 6.04. The van der Waals surface area contributed by atoms with Gasteiger partial charge in [-0.15, -0.1) is 0 Å². The quantitative estimate of drug-likeness (QED) is 0.904. The summed E-state index contributed by atoms with van der Waals surface area (Å²) in [4.78, 5) is 0. The molecule has 0 saturated carbocycles. The van der Waals surface area contributed by atoms with E-state index in [0.29, 0.717) is 0 Å². The van der Waals surface area contributed by atoms with Gasteiger partial charge in [-0.2, -0.15) is 5.10 Å². The van der Waals surface area contributed by atoms with Gasteiger partial charge >= 0.3 is 0 Å². The third-order valence-electron chi connectivity index (χ3n) is 2.62. The average molecular weight is 315 g/mol. The number of hydrogen-bond donors (Lipinski definition) is 2. The third kappa shape index (κ3) is 3.31. The fourth-order valence-corrected chi connectivity index (χ4v) is 1.99. The largest absolute Gasteiger partial charge is 0.306 e. The van der Waals surface area contributed by atoms with Crippen LogP contribution in [0.3, 0.4) is 0 Å². The first-order chi connectivity index (χ1) is 8.16. The Morgan fingerprint density at radius 3 is 3.00 bits per heavy atom. The number of rotatable bonds is 4. The highest BCUT2D eigenvalue weighted by Gasteiger charge is 2.06. The van der Waals surface area contributed by atoms with Crippen molar-refractivity contribution in [2.45, 2.75) is 19.5 Å². The summed E-state index contributed by atoms with van der Waals surface area (Å²) >= 11 is 9.42. The normalized spacial score (nSPS) is 12.6. The van der Waals surface area contributed by atoms with Gasteiger partial charge in [0.25, 0.3) is 0 Å². The highest BCUT2D eigenvalue weighted by atomic mass is 79.9. The van der Waals surface area contributed by atoms with Crippen molar-refractivity contribution >= 4 is 27.5 Å². The van der Waals surface area contributed by atoms with E-state index >= 15 is 0 Å². The SMILES string of the molecule is CC(NCc1ccc(Br)c(Cl)c1)c1cn[nH]c1. The molecule has 0 fully saturated rings. The fraction of sp³-hybridized carbons (Fsp3) is 0.250. The molecule has 0 spiro atoms. The molecule has 0 aliphatic heterocycles. The minimum atomic E-state index is 0.260. The molecule has 17 heavy (non-hydrogen) atoms. The Morgan fingerprint density at radius 2 is 2.35 bits per heavy atom. The molecule has 0 saturated heterocycles. The fourth-order valence-electron chi connectivity index (χ4n) is 1.54. The molecule has 1 atom stereocenters. The number of aromatic amines is 1. The number of benzene rings is 1. The molecule has 2 aromatic rings. The smallest absolute Gasteiger partial charge is 0.0551 e. The van der Waals surface area contributed by atoms with E-state index in [4.69, 9.17) is 11.6 Å². The molecule has 0 bridgehead atoms. The standard InChI is InChI=1S/C12H13BrClN3/c1-8(10-6-16-17-7-10)15-5-9-2-3-11(13)12(14)4-9/h2-4,6-8,15H,5H2,1H3,(H,16,17). The Bertz CT molecular complexity index is 485. The number of aromatic nitrogens is 2. The van der Waals surface area contributed by atoms with Gasteiger partial charge in [-0.1, -0.05) is 17.7 Å². The Balaban J connectivity index is 1.96. The summed E-state index contributed by atoms with van der Waals surface area (Å²) in [5.41, 5.74) is 2.31. The number of hydrogen-bond acceptors (Lipinski definition) is 2. The second-order valence-corrected chi connectivity index (χ2v) is 5.14. The molecule has 0 aliphatic rings. The van der Waals surface area contributed by atoms with Gasteiger partial charge in [-0.05, 0) is 40.5 Å². The lowest BCUT2D eigenvalue weighted by Gasteiger charge is -2.12. The van der Waals surface area contributed by atoms with Crippen LogP contribution in [0.15, 0.2) is 35.1 Å². The zero-order valence-corrected chi connectivity index (χ0v) is 11.7. The molecule has 1 heterocycles. The van der Waals surface area contributed by atoms with Crippen LogP contribution in [-0.4, -0.2) is 10.2 Å². The summed E-state index contributed by atoms with van der Waals surface area (Å²) in [5.74, 6) is 0. The van der Waals surface area contributed by atoms with Crippen molar-refractivity contribution in [3.8, 4) is 0 Å². The lowest BCUT2D eigenvalue weighted by molar-refractivity contribution is 0.575. The molecule has 0 radical (unpaired) electrons. The minimum absolute atomic E-state index is 0.260. The van der Waals surface area contributed by atoms with E-state index in [0.717, 1.165) is 27.2 Å². The van der Waals surface area contributed by atoms with Gasteiger partial charge in [0.1, 0.15) is 0 Å². The Kier molecular flexibility index (Phi) is 4.20. The number of H-pyrrole nitrogens is 1. The van der Waals surface area contributed by atoms with E-state index in [2.05, 4.69) is 38.4 Å². The maximum Gasteiger partial charge on any atom is 0.0551 e. The van der Waals surface area contributed by atoms with E-state index < -0.39 is 0 Å². The van der Waals surface area contributed by atoms with Crippen molar-refractivity contribution in [2.24, 2.45) is 0 Å². The van der Waals surface area contributed by atoms with Crippen molar-refractivity contribution in [3.05, 3.63) is 51.2 Å². The van der Waals surface area contributed by atoms with E-state index in [-0.39, 0.29) is 6.04 Å². The van der Waals surface area contributed by atoms with Crippen molar-refractivity contribution in [3.63, 3.8) is 0 Å². The first kappa shape index (κ1) is 12.6. The summed E-state index contributed by atoms with van der Waals surface area (Å²) in [5, 5.41) is 10.9. The molecule has 0 aliphatic carbocycles. The van der Waals surface area contributed by atoms with Gasteiger partial charge in [0.05, 0.1) is 11.2 Å². The molecule has 0 amide bonds. The summed E-state index contributed by atoms with van der Waals surface area (Å²) < 4.78 is 0.922. The van der Waals surface area contributed by atoms with Gasteiger partial charge in [0, 0.05) is 28.8 Å². The number of nitrogens with one attached hydrogen (secondary N) is 2. The highest BCUT2D eigenvalue weighted by molar-refractivity contribution is 9.10. The molecule has 2 rings (SSSR count). The van der Waals surface area contributed by atoms with Crippen LogP contribution < -0.4 is 5.32 Å². The summed E-state index contributed by atoms with van der Waals surface area (Å²) in [6, 6.07) is 6.23.